The van der Waals surface area contributed by atoms with E-state index in [0.29, 0.717) is 19.3 Å². The summed E-state index contributed by atoms with van der Waals surface area (Å²) in [5.74, 6) is -0.552. The molecule has 3 atom stereocenters. The topological polar surface area (TPSA) is 95.9 Å². The number of unbranched alkanes of at least 4 members (excludes halogenated alkanes) is 21. The summed E-state index contributed by atoms with van der Waals surface area (Å²) in [6.45, 7) is 6.23. The lowest BCUT2D eigenvalue weighted by molar-refractivity contribution is -0.151. The Kier molecular flexibility index (Phi) is 46.8. The molecule has 3 N–H and O–H groups in total. The summed E-state index contributed by atoms with van der Waals surface area (Å²) >= 11 is 0. The number of hydrogen-bond acceptors (Lipinski definition) is 5. The average Bonchev–Trinajstić information content (AvgIpc) is 3.28. The summed E-state index contributed by atoms with van der Waals surface area (Å²) in [4.78, 5) is 26.1. The lowest BCUT2D eigenvalue weighted by atomic mass is 10.0. The highest BCUT2D eigenvalue weighted by atomic mass is 16.5. The molecular weight excluding hydrogens is 779 g/mol. The molecule has 0 saturated heterocycles. The van der Waals surface area contributed by atoms with Crippen LogP contribution in [0.4, 0.5) is 0 Å². The van der Waals surface area contributed by atoms with Crippen molar-refractivity contribution in [2.45, 2.75) is 232 Å². The van der Waals surface area contributed by atoms with Gasteiger partial charge >= 0.3 is 5.97 Å². The molecule has 0 rings (SSSR count). The second-order valence-corrected chi connectivity index (χ2v) is 17.0. The molecule has 0 aromatic rings. The van der Waals surface area contributed by atoms with Crippen LogP contribution in [-0.2, 0) is 14.3 Å². The van der Waals surface area contributed by atoms with E-state index in [4.69, 9.17) is 4.74 Å². The number of allylic oxidation sites excluding steroid dienone is 18. The fraction of sp³-hybridized carbons (Fsp3) is 0.649. The van der Waals surface area contributed by atoms with Crippen LogP contribution in [0.3, 0.4) is 0 Å². The Bertz CT molecular complexity index is 1300. The first kappa shape index (κ1) is 59.5. The number of aliphatic hydroxyl groups excluding tert-OH is 2. The number of amides is 1. The van der Waals surface area contributed by atoms with Crippen LogP contribution in [0.2, 0.25) is 0 Å². The molecule has 3 unspecified atom stereocenters. The molecule has 6 heteroatoms. The van der Waals surface area contributed by atoms with Crippen molar-refractivity contribution in [2.24, 2.45) is 0 Å². The minimum atomic E-state index is -0.810. The number of hydrogen-bond donors (Lipinski definition) is 3. The fourth-order valence-electron chi connectivity index (χ4n) is 7.18. The molecule has 0 radical (unpaired) electrons. The highest BCUT2D eigenvalue weighted by Gasteiger charge is 2.24. The SMILES string of the molecule is CC/C=C/C=C/C=C/C=C\CCCCCC(CC(=O)NC(CO)C(O)CCCCCCCCCCCCCCC)OC(=O)CCCCCCC/C=C/C=C/C=C/C=C/C=C/CCC. The molecule has 1 amide bonds. The van der Waals surface area contributed by atoms with Gasteiger partial charge in [-0.1, -0.05) is 246 Å². The van der Waals surface area contributed by atoms with Crippen molar-refractivity contribution in [3.63, 3.8) is 0 Å². The van der Waals surface area contributed by atoms with E-state index in [1.807, 2.05) is 54.7 Å². The van der Waals surface area contributed by atoms with Crippen molar-refractivity contribution in [3.05, 3.63) is 109 Å². The minimum absolute atomic E-state index is 0.0339. The first-order valence-electron chi connectivity index (χ1n) is 25.7. The van der Waals surface area contributed by atoms with Gasteiger partial charge in [-0.3, -0.25) is 9.59 Å². The maximum absolute atomic E-state index is 13.2. The number of nitrogens with one attached hydrogen (secondary N) is 1. The highest BCUT2D eigenvalue weighted by Crippen LogP contribution is 2.17. The maximum Gasteiger partial charge on any atom is 0.306 e. The van der Waals surface area contributed by atoms with Crippen molar-refractivity contribution in [3.8, 4) is 0 Å². The van der Waals surface area contributed by atoms with Gasteiger partial charge in [0.2, 0.25) is 5.91 Å². The average molecular weight is 874 g/mol. The van der Waals surface area contributed by atoms with E-state index in [-0.39, 0.29) is 24.9 Å². The van der Waals surface area contributed by atoms with Crippen molar-refractivity contribution < 1.29 is 24.5 Å². The maximum atomic E-state index is 13.2. The number of ether oxygens (including phenoxy) is 1. The zero-order chi connectivity index (χ0) is 45.9. The van der Waals surface area contributed by atoms with E-state index >= 15 is 0 Å². The molecule has 0 aliphatic carbocycles. The van der Waals surface area contributed by atoms with Gasteiger partial charge < -0.3 is 20.3 Å². The van der Waals surface area contributed by atoms with Crippen molar-refractivity contribution in [2.75, 3.05) is 6.61 Å². The van der Waals surface area contributed by atoms with E-state index < -0.39 is 18.2 Å². The van der Waals surface area contributed by atoms with Crippen LogP contribution in [0, 0.1) is 0 Å². The third-order valence-corrected chi connectivity index (χ3v) is 11.0. The van der Waals surface area contributed by atoms with Crippen LogP contribution in [0.15, 0.2) is 109 Å². The van der Waals surface area contributed by atoms with E-state index in [0.717, 1.165) is 96.3 Å². The summed E-state index contributed by atoms with van der Waals surface area (Å²) in [6, 6.07) is -0.727. The number of aliphatic hydroxyl groups is 2. The normalized spacial score (nSPS) is 14.2. The molecular formula is C57H95NO5. The molecule has 0 heterocycles. The molecule has 0 aliphatic rings. The van der Waals surface area contributed by atoms with Crippen LogP contribution in [0.1, 0.15) is 213 Å². The molecule has 63 heavy (non-hydrogen) atoms. The lowest BCUT2D eigenvalue weighted by Crippen LogP contribution is -2.46. The Balaban J connectivity index is 4.70. The quantitative estimate of drug-likeness (QED) is 0.0322. The highest BCUT2D eigenvalue weighted by molar-refractivity contribution is 5.77. The van der Waals surface area contributed by atoms with Gasteiger partial charge in [0.15, 0.2) is 0 Å². The predicted molar refractivity (Wildman–Crippen MR) is 273 cm³/mol. The number of esters is 1. The Morgan fingerprint density at radius 2 is 0.889 bits per heavy atom. The lowest BCUT2D eigenvalue weighted by Gasteiger charge is -2.24. The molecule has 0 aliphatic heterocycles. The number of carbonyl (C=O) groups is 2. The van der Waals surface area contributed by atoms with Gasteiger partial charge in [0.1, 0.15) is 6.10 Å². The Hall–Kier alpha value is -3.48. The van der Waals surface area contributed by atoms with Gasteiger partial charge in [-0.2, -0.15) is 0 Å². The first-order valence-corrected chi connectivity index (χ1v) is 25.7. The minimum Gasteiger partial charge on any atom is -0.462 e. The fourth-order valence-corrected chi connectivity index (χ4v) is 7.18. The van der Waals surface area contributed by atoms with Gasteiger partial charge in [-0.25, -0.2) is 0 Å². The molecule has 0 saturated carbocycles. The van der Waals surface area contributed by atoms with Crippen LogP contribution in [0.25, 0.3) is 0 Å². The summed E-state index contributed by atoms with van der Waals surface area (Å²) in [6.07, 6.45) is 67.1. The molecule has 358 valence electrons. The van der Waals surface area contributed by atoms with Crippen molar-refractivity contribution in [1.82, 2.24) is 5.32 Å². The molecule has 0 aromatic carbocycles. The number of rotatable bonds is 44. The third-order valence-electron chi connectivity index (χ3n) is 11.0. The first-order chi connectivity index (χ1) is 31.0. The third kappa shape index (κ3) is 44.9. The van der Waals surface area contributed by atoms with Crippen LogP contribution in [0.5, 0.6) is 0 Å². The summed E-state index contributed by atoms with van der Waals surface area (Å²) in [7, 11) is 0. The number of carbonyl (C=O) groups excluding carboxylic acids is 2. The summed E-state index contributed by atoms with van der Waals surface area (Å²) < 4.78 is 5.90. The van der Waals surface area contributed by atoms with E-state index in [1.54, 1.807) is 0 Å². The van der Waals surface area contributed by atoms with E-state index in [1.165, 1.54) is 70.6 Å². The molecule has 0 aromatic heterocycles. The van der Waals surface area contributed by atoms with E-state index in [2.05, 4.69) is 80.8 Å². The summed E-state index contributed by atoms with van der Waals surface area (Å²) in [5.41, 5.74) is 0. The van der Waals surface area contributed by atoms with Crippen molar-refractivity contribution in [1.29, 1.82) is 0 Å². The zero-order valence-corrected chi connectivity index (χ0v) is 40.7. The van der Waals surface area contributed by atoms with Gasteiger partial charge in [0, 0.05) is 6.42 Å². The van der Waals surface area contributed by atoms with Crippen molar-refractivity contribution >= 4 is 11.9 Å². The molecule has 0 fully saturated rings. The second kappa shape index (κ2) is 49.5. The standard InChI is InChI=1S/C57H95NO5/c1-4-7-10-13-16-19-22-25-26-27-28-29-32-35-38-41-44-47-50-57(62)63-53(48-45-42-39-36-33-30-23-20-17-14-11-8-5-2)51-56(61)58-54(52-59)55(60)49-46-43-40-37-34-31-24-21-18-15-12-9-6-3/h8,10-11,13-14,16-17,19-20,22-23,25-30,33,53-55,59-60H,4-7,9,12,15,18,21,24,31-32,34-52H2,1-3H3,(H,58,61)/b11-8+,13-10+,17-14+,19-16+,23-20+,25-22+,27-26+,29-28+,33-30-. The van der Waals surface area contributed by atoms with Crippen LogP contribution < -0.4 is 5.32 Å². The molecule has 0 spiro atoms. The predicted octanol–water partition coefficient (Wildman–Crippen LogP) is 15.5. The smallest absolute Gasteiger partial charge is 0.306 e. The second-order valence-electron chi connectivity index (χ2n) is 17.0. The van der Waals surface area contributed by atoms with Crippen LogP contribution in [-0.4, -0.2) is 46.9 Å². The van der Waals surface area contributed by atoms with Gasteiger partial charge in [0.25, 0.3) is 0 Å². The molecule has 6 nitrogen and oxygen atoms in total. The van der Waals surface area contributed by atoms with E-state index in [9.17, 15) is 19.8 Å². The molecule has 0 bridgehead atoms. The monoisotopic (exact) mass is 874 g/mol. The van der Waals surface area contributed by atoms with Crippen LogP contribution >= 0.6 is 0 Å². The van der Waals surface area contributed by atoms with Gasteiger partial charge in [0.05, 0.1) is 25.2 Å². The largest absolute Gasteiger partial charge is 0.462 e. The van der Waals surface area contributed by atoms with Gasteiger partial charge in [-0.05, 0) is 64.2 Å². The zero-order valence-electron chi connectivity index (χ0n) is 40.7. The Morgan fingerprint density at radius 1 is 0.476 bits per heavy atom. The summed E-state index contributed by atoms with van der Waals surface area (Å²) in [5, 5.41) is 23.8. The van der Waals surface area contributed by atoms with Gasteiger partial charge in [-0.15, -0.1) is 0 Å². The Morgan fingerprint density at radius 3 is 1.38 bits per heavy atom. The Labute approximate surface area is 388 Å².